The van der Waals surface area contributed by atoms with Crippen LogP contribution < -0.4 is 5.32 Å². The number of benzene rings is 1. The number of nitrogens with zero attached hydrogens (tertiary/aromatic N) is 1. The van der Waals surface area contributed by atoms with Crippen LogP contribution in [-0.2, 0) is 9.59 Å². The van der Waals surface area contributed by atoms with Gasteiger partial charge in [0.2, 0.25) is 5.91 Å². The molecule has 1 aromatic rings. The molecular weight excluding hydrogens is 248 g/mol. The van der Waals surface area contributed by atoms with Crippen LogP contribution in [0.5, 0.6) is 0 Å². The summed E-state index contributed by atoms with van der Waals surface area (Å²) >= 11 is 0. The average Bonchev–Trinajstić information content (AvgIpc) is 2.27. The van der Waals surface area contributed by atoms with Gasteiger partial charge in [0.25, 0.3) is 0 Å². The van der Waals surface area contributed by atoms with E-state index in [9.17, 15) is 14.4 Å². The molecule has 0 aromatic heterocycles. The van der Waals surface area contributed by atoms with Crippen LogP contribution in [0, 0.1) is 0 Å². The van der Waals surface area contributed by atoms with Gasteiger partial charge in [0.1, 0.15) is 0 Å². The predicted molar refractivity (Wildman–Crippen MR) is 70.2 cm³/mol. The third-order valence-electron chi connectivity index (χ3n) is 2.39. The Morgan fingerprint density at radius 2 is 1.74 bits per heavy atom. The van der Waals surface area contributed by atoms with Crippen LogP contribution in [0.2, 0.25) is 0 Å². The van der Waals surface area contributed by atoms with Crippen molar-refractivity contribution in [1.29, 1.82) is 0 Å². The van der Waals surface area contributed by atoms with E-state index in [1.54, 1.807) is 31.3 Å². The lowest BCUT2D eigenvalue weighted by atomic mass is 10.1. The van der Waals surface area contributed by atoms with Crippen molar-refractivity contribution in [1.82, 2.24) is 4.90 Å². The van der Waals surface area contributed by atoms with E-state index in [-0.39, 0.29) is 24.8 Å². The molecule has 1 aromatic carbocycles. The van der Waals surface area contributed by atoms with Crippen molar-refractivity contribution in [2.24, 2.45) is 0 Å². The lowest BCUT2D eigenvalue weighted by Gasteiger charge is -2.13. The van der Waals surface area contributed by atoms with E-state index in [2.05, 4.69) is 5.32 Å². The number of likely N-dealkylation sites (N-methyl/N-ethyl adjacent to an activating group) is 1. The molecule has 0 bridgehead atoms. The predicted octanol–water partition coefficient (Wildman–Crippen LogP) is 0.844. The number of Topliss-reactive ketones (excluding diaryl/α,β-unsaturated/α-hetero) is 1. The molecule has 1 rings (SSSR count). The van der Waals surface area contributed by atoms with Crippen molar-refractivity contribution in [2.45, 2.75) is 6.92 Å². The summed E-state index contributed by atoms with van der Waals surface area (Å²) in [6.45, 7) is 1.26. The first-order valence-corrected chi connectivity index (χ1v) is 5.69. The summed E-state index contributed by atoms with van der Waals surface area (Å²) in [5.41, 5.74) is 1.14. The maximum absolute atomic E-state index is 11.6. The molecule has 0 radical (unpaired) electrons. The Bertz CT molecular complexity index is 482. The first kappa shape index (κ1) is 14.8. The second-order valence-corrected chi connectivity index (χ2v) is 4.25. The van der Waals surface area contributed by atoms with Crippen molar-refractivity contribution in [3.05, 3.63) is 29.8 Å². The minimum absolute atomic E-state index is 0.0131. The number of amides is 1. The first-order chi connectivity index (χ1) is 8.88. The number of carbonyl (C=O) groups is 3. The van der Waals surface area contributed by atoms with Crippen molar-refractivity contribution in [3.8, 4) is 0 Å². The lowest BCUT2D eigenvalue weighted by molar-refractivity contribution is -0.138. The van der Waals surface area contributed by atoms with E-state index in [1.807, 2.05) is 0 Å². The molecule has 0 spiro atoms. The van der Waals surface area contributed by atoms with E-state index in [0.717, 1.165) is 0 Å². The van der Waals surface area contributed by atoms with Gasteiger partial charge in [-0.3, -0.25) is 19.3 Å². The van der Waals surface area contributed by atoms with Crippen LogP contribution in [0.1, 0.15) is 17.3 Å². The Kier molecular flexibility index (Phi) is 5.20. The summed E-state index contributed by atoms with van der Waals surface area (Å²) in [6, 6.07) is 6.51. The van der Waals surface area contributed by atoms with E-state index in [4.69, 9.17) is 5.11 Å². The molecule has 0 unspecified atom stereocenters. The molecule has 0 aliphatic carbocycles. The van der Waals surface area contributed by atoms with E-state index in [1.165, 1.54) is 11.8 Å². The minimum Gasteiger partial charge on any atom is -0.480 e. The van der Waals surface area contributed by atoms with E-state index >= 15 is 0 Å². The lowest BCUT2D eigenvalue weighted by Crippen LogP contribution is -2.33. The number of carboxylic acid groups (broad SMARTS) is 1. The Morgan fingerprint density at radius 3 is 2.21 bits per heavy atom. The van der Waals surface area contributed by atoms with Crippen LogP contribution in [0.4, 0.5) is 5.69 Å². The van der Waals surface area contributed by atoms with Crippen molar-refractivity contribution >= 4 is 23.3 Å². The first-order valence-electron chi connectivity index (χ1n) is 5.69. The van der Waals surface area contributed by atoms with Gasteiger partial charge in [0.15, 0.2) is 5.78 Å². The highest BCUT2D eigenvalue weighted by Crippen LogP contribution is 2.09. The molecule has 0 aliphatic heterocycles. The Morgan fingerprint density at radius 1 is 1.16 bits per heavy atom. The molecule has 102 valence electrons. The Hall–Kier alpha value is -2.21. The molecule has 0 aliphatic rings. The zero-order chi connectivity index (χ0) is 14.4. The van der Waals surface area contributed by atoms with Gasteiger partial charge >= 0.3 is 5.97 Å². The third-order valence-corrected chi connectivity index (χ3v) is 2.39. The molecule has 0 saturated carbocycles. The fraction of sp³-hybridized carbons (Fsp3) is 0.308. The number of carbonyl (C=O) groups excluding carboxylic acids is 2. The average molecular weight is 264 g/mol. The number of aliphatic carboxylic acids is 1. The number of carboxylic acids is 1. The molecule has 2 N–H and O–H groups in total. The number of anilines is 1. The van der Waals surface area contributed by atoms with Crippen molar-refractivity contribution < 1.29 is 19.5 Å². The second kappa shape index (κ2) is 6.65. The fourth-order valence-corrected chi connectivity index (χ4v) is 1.52. The molecule has 6 nitrogen and oxygen atoms in total. The second-order valence-electron chi connectivity index (χ2n) is 4.25. The largest absolute Gasteiger partial charge is 0.480 e. The maximum atomic E-state index is 11.6. The van der Waals surface area contributed by atoms with Crippen molar-refractivity contribution in [2.75, 3.05) is 25.5 Å². The monoisotopic (exact) mass is 264 g/mol. The van der Waals surface area contributed by atoms with Gasteiger partial charge in [0.05, 0.1) is 13.1 Å². The summed E-state index contributed by atoms with van der Waals surface area (Å²) in [6.07, 6.45) is 0. The van der Waals surface area contributed by atoms with Crippen LogP contribution in [0.25, 0.3) is 0 Å². The highest BCUT2D eigenvalue weighted by Gasteiger charge is 2.09. The Balaban J connectivity index is 2.52. The standard InChI is InChI=1S/C13H16N2O4/c1-9(16)10-3-5-11(6-4-10)14-12(17)7-15(2)8-13(18)19/h3-6H,7-8H2,1-2H3,(H,14,17)(H,18,19). The summed E-state index contributed by atoms with van der Waals surface area (Å²) < 4.78 is 0. The minimum atomic E-state index is -0.985. The molecule has 0 heterocycles. The van der Waals surface area contributed by atoms with Gasteiger partial charge < -0.3 is 10.4 Å². The quantitative estimate of drug-likeness (QED) is 0.744. The van der Waals surface area contributed by atoms with Crippen molar-refractivity contribution in [3.63, 3.8) is 0 Å². The summed E-state index contributed by atoms with van der Waals surface area (Å²) in [5.74, 6) is -1.33. The van der Waals surface area contributed by atoms with Crippen LogP contribution in [0.15, 0.2) is 24.3 Å². The molecule has 0 saturated heterocycles. The number of hydrogen-bond donors (Lipinski definition) is 2. The molecule has 6 heteroatoms. The highest BCUT2D eigenvalue weighted by molar-refractivity contribution is 5.96. The van der Waals surface area contributed by atoms with E-state index < -0.39 is 5.97 Å². The van der Waals surface area contributed by atoms with Gasteiger partial charge in [-0.25, -0.2) is 0 Å². The summed E-state index contributed by atoms with van der Waals surface area (Å²) in [7, 11) is 1.55. The highest BCUT2D eigenvalue weighted by atomic mass is 16.4. The third kappa shape index (κ3) is 5.31. The van der Waals surface area contributed by atoms with E-state index in [0.29, 0.717) is 11.3 Å². The van der Waals surface area contributed by atoms with Gasteiger partial charge in [-0.1, -0.05) is 0 Å². The van der Waals surface area contributed by atoms with Gasteiger partial charge in [-0.2, -0.15) is 0 Å². The molecular formula is C13H16N2O4. The maximum Gasteiger partial charge on any atom is 0.317 e. The number of rotatable bonds is 6. The van der Waals surface area contributed by atoms with Gasteiger partial charge in [-0.15, -0.1) is 0 Å². The topological polar surface area (TPSA) is 86.7 Å². The smallest absolute Gasteiger partial charge is 0.317 e. The summed E-state index contributed by atoms with van der Waals surface area (Å²) in [5, 5.41) is 11.2. The number of hydrogen-bond acceptors (Lipinski definition) is 4. The number of ketones is 1. The number of nitrogens with one attached hydrogen (secondary N) is 1. The zero-order valence-electron chi connectivity index (χ0n) is 10.8. The normalized spacial score (nSPS) is 10.3. The zero-order valence-corrected chi connectivity index (χ0v) is 10.8. The van der Waals surface area contributed by atoms with Gasteiger partial charge in [0, 0.05) is 11.3 Å². The van der Waals surface area contributed by atoms with Crippen LogP contribution in [-0.4, -0.2) is 47.8 Å². The molecule has 0 fully saturated rings. The molecule has 19 heavy (non-hydrogen) atoms. The molecule has 1 amide bonds. The van der Waals surface area contributed by atoms with Crippen LogP contribution in [0.3, 0.4) is 0 Å². The fourth-order valence-electron chi connectivity index (χ4n) is 1.52. The summed E-state index contributed by atoms with van der Waals surface area (Å²) in [4.78, 5) is 34.5. The van der Waals surface area contributed by atoms with Crippen LogP contribution >= 0.6 is 0 Å². The molecule has 0 atom stereocenters. The Labute approximate surface area is 111 Å². The van der Waals surface area contributed by atoms with Gasteiger partial charge in [-0.05, 0) is 38.2 Å². The SMILES string of the molecule is CC(=O)c1ccc(NC(=O)CN(C)CC(=O)O)cc1.